The Labute approximate surface area is 165 Å². The van der Waals surface area contributed by atoms with Gasteiger partial charge in [0, 0.05) is 24.2 Å². The highest BCUT2D eigenvalue weighted by Crippen LogP contribution is 2.61. The van der Waals surface area contributed by atoms with Crippen molar-refractivity contribution in [2.75, 3.05) is 23.4 Å². The average Bonchev–Trinajstić information content (AvgIpc) is 2.75. The molecule has 0 radical (unpaired) electrons. The van der Waals surface area contributed by atoms with Gasteiger partial charge in [-0.05, 0) is 51.1 Å². The van der Waals surface area contributed by atoms with E-state index in [2.05, 4.69) is 111 Å². The minimum absolute atomic E-state index is 0.937. The van der Waals surface area contributed by atoms with Crippen LogP contribution in [0.5, 0.6) is 0 Å². The van der Waals surface area contributed by atoms with E-state index in [0.29, 0.717) is 0 Å². The van der Waals surface area contributed by atoms with Crippen molar-refractivity contribution in [1.82, 2.24) is 0 Å². The molecule has 0 aliphatic rings. The molecule has 0 fully saturated rings. The van der Waals surface area contributed by atoms with E-state index in [-0.39, 0.29) is 0 Å². The Morgan fingerprint density at radius 1 is 0.593 bits per heavy atom. The maximum absolute atomic E-state index is 2.41. The summed E-state index contributed by atoms with van der Waals surface area (Å²) in [5.41, 5.74) is 5.22. The van der Waals surface area contributed by atoms with Crippen LogP contribution in [0, 0.1) is 0 Å². The van der Waals surface area contributed by atoms with Crippen LogP contribution in [0.3, 0.4) is 0 Å². The van der Waals surface area contributed by atoms with Gasteiger partial charge in [0.1, 0.15) is 0 Å². The second-order valence-corrected chi connectivity index (χ2v) is 12.0. The average molecular weight is 377 g/mol. The van der Waals surface area contributed by atoms with Crippen LogP contribution in [-0.2, 0) is 6.16 Å². The number of anilines is 3. The Hall–Kier alpha value is -2.11. The molecule has 0 aliphatic heterocycles. The Morgan fingerprint density at radius 3 is 1.52 bits per heavy atom. The third kappa shape index (κ3) is 4.42. The van der Waals surface area contributed by atoms with Crippen molar-refractivity contribution in [3.05, 3.63) is 90.5 Å². The maximum atomic E-state index is 2.41. The number of para-hydroxylation sites is 3. The normalized spacial score (nSPS) is 11.4. The van der Waals surface area contributed by atoms with Gasteiger partial charge in [-0.3, -0.25) is 0 Å². The first-order valence-electron chi connectivity index (χ1n) is 10.1. The van der Waals surface area contributed by atoms with Gasteiger partial charge in [0.25, 0.3) is 0 Å². The number of rotatable bonds is 8. The summed E-state index contributed by atoms with van der Waals surface area (Å²) in [6.07, 6.45) is 5.20. The summed E-state index contributed by atoms with van der Waals surface area (Å²) in [5.74, 6) is 0. The molecule has 2 heteroatoms. The molecule has 0 bridgehead atoms. The topological polar surface area (TPSA) is 3.24 Å². The smallest absolute Gasteiger partial charge is 0.0862 e. The van der Waals surface area contributed by atoms with Gasteiger partial charge >= 0.3 is 0 Å². The Balaban J connectivity index is 2.11. The molecule has 0 amide bonds. The highest BCUT2D eigenvalue weighted by molar-refractivity contribution is 7.75. The summed E-state index contributed by atoms with van der Waals surface area (Å²) >= 11 is 0. The lowest BCUT2D eigenvalue weighted by Gasteiger charge is -2.30. The van der Waals surface area contributed by atoms with Gasteiger partial charge in [-0.15, -0.1) is 0 Å². The number of hydrogen-bond donors (Lipinski definition) is 0. The van der Waals surface area contributed by atoms with Crippen molar-refractivity contribution >= 4 is 24.3 Å². The molecule has 0 aliphatic carbocycles. The second kappa shape index (κ2) is 9.20. The van der Waals surface area contributed by atoms with E-state index in [1.54, 1.807) is 0 Å². The van der Waals surface area contributed by atoms with E-state index in [1.165, 1.54) is 47.3 Å². The van der Waals surface area contributed by atoms with Crippen LogP contribution in [0.4, 0.5) is 17.1 Å². The van der Waals surface area contributed by atoms with Crippen LogP contribution in [0.25, 0.3) is 0 Å². The van der Waals surface area contributed by atoms with E-state index < -0.39 is 7.26 Å². The first kappa shape index (κ1) is 19.6. The molecule has 0 aromatic heterocycles. The van der Waals surface area contributed by atoms with Crippen LogP contribution in [0.1, 0.15) is 26.3 Å². The zero-order valence-electron chi connectivity index (χ0n) is 16.8. The lowest BCUT2D eigenvalue weighted by molar-refractivity contribution is 1.19. The fraction of sp³-hybridized carbons (Fsp3) is 0.280. The highest BCUT2D eigenvalue weighted by Gasteiger charge is 2.33. The van der Waals surface area contributed by atoms with Crippen LogP contribution in [-0.4, -0.2) is 18.5 Å². The number of nitrogens with zero attached hydrogens (tertiary/aromatic N) is 1. The molecule has 0 atom stereocenters. The quantitative estimate of drug-likeness (QED) is 0.363. The van der Waals surface area contributed by atoms with Gasteiger partial charge in [-0.1, -0.05) is 54.6 Å². The lowest BCUT2D eigenvalue weighted by Crippen LogP contribution is -2.14. The van der Waals surface area contributed by atoms with Gasteiger partial charge in [0.2, 0.25) is 0 Å². The van der Waals surface area contributed by atoms with E-state index >= 15 is 0 Å². The predicted molar refractivity (Wildman–Crippen MR) is 123 cm³/mol. The zero-order valence-corrected chi connectivity index (χ0v) is 17.7. The Morgan fingerprint density at radius 2 is 1.04 bits per heavy atom. The Kier molecular flexibility index (Phi) is 6.69. The summed E-state index contributed by atoms with van der Waals surface area (Å²) < 4.78 is 0. The molecule has 0 heterocycles. The number of hydrogen-bond acceptors (Lipinski definition) is 1. The minimum atomic E-state index is -0.937. The van der Waals surface area contributed by atoms with Crippen molar-refractivity contribution in [3.8, 4) is 0 Å². The summed E-state index contributed by atoms with van der Waals surface area (Å²) in [4.78, 5) is 2.41. The molecule has 0 unspecified atom stereocenters. The van der Waals surface area contributed by atoms with Crippen molar-refractivity contribution in [2.45, 2.75) is 26.9 Å². The molecule has 140 valence electrons. The third-order valence-electron chi connectivity index (χ3n) is 5.78. The van der Waals surface area contributed by atoms with Crippen molar-refractivity contribution < 1.29 is 0 Å². The van der Waals surface area contributed by atoms with E-state index in [1.807, 2.05) is 0 Å². The van der Waals surface area contributed by atoms with Crippen molar-refractivity contribution in [3.63, 3.8) is 0 Å². The van der Waals surface area contributed by atoms with Crippen LogP contribution < -0.4 is 4.90 Å². The molecule has 0 N–H and O–H groups in total. The van der Waals surface area contributed by atoms with Crippen LogP contribution in [0.15, 0.2) is 84.9 Å². The molecule has 3 rings (SSSR count). The SMILES string of the molecule is CC[P+](CC)(CC)Cc1ccccc1N(c1ccccc1)c1ccccc1. The fourth-order valence-electron chi connectivity index (χ4n) is 3.81. The van der Waals surface area contributed by atoms with Gasteiger partial charge in [0.15, 0.2) is 0 Å². The first-order valence-corrected chi connectivity index (χ1v) is 12.6. The summed E-state index contributed by atoms with van der Waals surface area (Å²) in [7, 11) is -0.937. The molecule has 1 nitrogen and oxygen atoms in total. The molecular formula is C25H31NP+. The van der Waals surface area contributed by atoms with E-state index in [0.717, 1.165) is 0 Å². The van der Waals surface area contributed by atoms with Gasteiger partial charge in [-0.2, -0.15) is 0 Å². The molecule has 0 saturated heterocycles. The molecule has 27 heavy (non-hydrogen) atoms. The molecule has 3 aromatic carbocycles. The maximum Gasteiger partial charge on any atom is 0.0862 e. The summed E-state index contributed by atoms with van der Waals surface area (Å²) in [5, 5.41) is 0. The molecule has 3 aromatic rings. The Bertz CT molecular complexity index is 777. The third-order valence-corrected chi connectivity index (χ3v) is 10.8. The summed E-state index contributed by atoms with van der Waals surface area (Å²) in [6.45, 7) is 7.15. The first-order chi connectivity index (χ1) is 13.2. The van der Waals surface area contributed by atoms with Crippen molar-refractivity contribution in [1.29, 1.82) is 0 Å². The summed E-state index contributed by atoms with van der Waals surface area (Å²) in [6, 6.07) is 30.4. The standard InChI is InChI=1S/C25H31NP/c1-4-27(5-2,6-3)21-22-15-13-14-20-25(22)26(23-16-9-7-10-17-23)24-18-11-8-12-19-24/h7-20H,4-6,21H2,1-3H3/q+1. The fourth-order valence-corrected chi connectivity index (χ4v) is 6.81. The molecule has 0 saturated carbocycles. The lowest BCUT2D eigenvalue weighted by atomic mass is 10.1. The second-order valence-electron chi connectivity index (χ2n) is 7.08. The molecular weight excluding hydrogens is 345 g/mol. The minimum Gasteiger partial charge on any atom is -0.310 e. The predicted octanol–water partition coefficient (Wildman–Crippen LogP) is 7.73. The van der Waals surface area contributed by atoms with Crippen LogP contribution in [0.2, 0.25) is 0 Å². The van der Waals surface area contributed by atoms with E-state index in [9.17, 15) is 0 Å². The van der Waals surface area contributed by atoms with Crippen molar-refractivity contribution in [2.24, 2.45) is 0 Å². The zero-order chi connectivity index (χ0) is 19.1. The monoisotopic (exact) mass is 376 g/mol. The van der Waals surface area contributed by atoms with Crippen LogP contribution >= 0.6 is 7.26 Å². The van der Waals surface area contributed by atoms with E-state index in [4.69, 9.17) is 0 Å². The van der Waals surface area contributed by atoms with Gasteiger partial charge in [0.05, 0.1) is 30.3 Å². The van der Waals surface area contributed by atoms with Gasteiger partial charge in [-0.25, -0.2) is 0 Å². The van der Waals surface area contributed by atoms with Gasteiger partial charge < -0.3 is 4.90 Å². The largest absolute Gasteiger partial charge is 0.310 e. The molecule has 0 spiro atoms. The highest BCUT2D eigenvalue weighted by atomic mass is 31.2. The number of benzene rings is 3.